The number of halogens is 1. The summed E-state index contributed by atoms with van der Waals surface area (Å²) in [4.78, 5) is 25.9. The number of hydrogen-bond acceptors (Lipinski definition) is 4. The Hall–Kier alpha value is -1.28. The quantitative estimate of drug-likeness (QED) is 0.206. The van der Waals surface area contributed by atoms with Crippen molar-refractivity contribution >= 4 is 61.3 Å². The first kappa shape index (κ1) is 23.5. The molecule has 0 N–H and O–H groups in total. The predicted molar refractivity (Wildman–Crippen MR) is 146 cm³/mol. The molecule has 4 nitrogen and oxygen atoms in total. The highest BCUT2D eigenvalue weighted by Crippen LogP contribution is 2.46. The zero-order chi connectivity index (χ0) is 22.8. The van der Waals surface area contributed by atoms with Crippen molar-refractivity contribution < 1.29 is 9.59 Å². The summed E-state index contributed by atoms with van der Waals surface area (Å²) in [7, 11) is 1.54. The monoisotopic (exact) mass is 576 g/mol. The number of fused-ring (bicyclic) bond motifs is 1. The lowest BCUT2D eigenvalue weighted by molar-refractivity contribution is -0.121. The molecule has 2 unspecified atom stereocenters. The molecule has 1 saturated heterocycles. The number of carbonyl (C=O) groups is 2. The Morgan fingerprint density at radius 2 is 1.73 bits per heavy atom. The number of benzene rings is 1. The van der Waals surface area contributed by atoms with E-state index >= 15 is 0 Å². The molecule has 0 radical (unpaired) electrons. The van der Waals surface area contributed by atoms with Crippen LogP contribution in [0.5, 0.6) is 0 Å². The third kappa shape index (κ3) is 5.21. The van der Waals surface area contributed by atoms with Gasteiger partial charge in [-0.25, -0.2) is 3.15 Å². The second kappa shape index (κ2) is 10.5. The van der Waals surface area contributed by atoms with E-state index in [0.29, 0.717) is 10.8 Å². The first-order valence-electron chi connectivity index (χ1n) is 12.5. The van der Waals surface area contributed by atoms with Crippen LogP contribution in [-0.4, -0.2) is 23.1 Å². The number of rotatable bonds is 3. The Morgan fingerprint density at radius 1 is 0.970 bits per heavy atom. The van der Waals surface area contributed by atoms with Crippen LogP contribution in [0.25, 0.3) is 11.6 Å². The predicted octanol–water partition coefficient (Wildman–Crippen LogP) is 8.66. The standard InChI is InChI=1S/C27H33IN2O2S/c1-30-26(31)25(33-27(30)32)16-18-11-14-24-22(15-18)23(17-28-29-24)21-10-6-9-20(12-13-21)19-7-4-2-3-5-8-19/h11,14-17,19-21H,2-10,12-13H2,1H3/b25-16-. The van der Waals surface area contributed by atoms with Crippen LogP contribution in [0.1, 0.15) is 81.8 Å². The number of thioether (sulfide) groups is 1. The van der Waals surface area contributed by atoms with Crippen molar-refractivity contribution in [3.8, 4) is 0 Å². The van der Waals surface area contributed by atoms with Crippen molar-refractivity contribution in [1.29, 1.82) is 0 Å². The van der Waals surface area contributed by atoms with Gasteiger partial charge in [0.15, 0.2) is 0 Å². The van der Waals surface area contributed by atoms with Crippen LogP contribution in [0, 0.1) is 17.8 Å². The molecule has 6 heteroatoms. The zero-order valence-corrected chi connectivity index (χ0v) is 22.4. The number of nitrogens with zero attached hydrogens (tertiary/aromatic N) is 2. The number of likely N-dealkylation sites (N-methyl/N-ethyl adjacent to an activating group) is 1. The molecule has 1 aromatic carbocycles. The van der Waals surface area contributed by atoms with Crippen LogP contribution in [0.15, 0.2) is 30.3 Å². The highest BCUT2D eigenvalue weighted by atomic mass is 127. The fourth-order valence-electron chi connectivity index (χ4n) is 6.04. The maximum absolute atomic E-state index is 12.3. The molecule has 0 bridgehead atoms. The van der Waals surface area contributed by atoms with Crippen molar-refractivity contribution in [2.45, 2.75) is 70.6 Å². The van der Waals surface area contributed by atoms with Gasteiger partial charge in [-0.05, 0) is 82.2 Å². The van der Waals surface area contributed by atoms with Gasteiger partial charge in [-0.2, -0.15) is 0 Å². The topological polar surface area (TPSA) is 49.7 Å². The van der Waals surface area contributed by atoms with Gasteiger partial charge in [-0.15, -0.1) is 0 Å². The Morgan fingerprint density at radius 3 is 2.48 bits per heavy atom. The van der Waals surface area contributed by atoms with E-state index in [-0.39, 0.29) is 32.2 Å². The Balaban J connectivity index is 1.34. The smallest absolute Gasteiger partial charge is 0.272 e. The van der Waals surface area contributed by atoms with Crippen molar-refractivity contribution in [3.05, 3.63) is 38.3 Å². The second-order valence-corrected chi connectivity index (χ2v) is 12.6. The lowest BCUT2D eigenvalue weighted by Crippen LogP contribution is -2.22. The number of amides is 2. The summed E-state index contributed by atoms with van der Waals surface area (Å²) in [5.41, 5.74) is 4.86. The van der Waals surface area contributed by atoms with Gasteiger partial charge in [-0.3, -0.25) is 14.5 Å². The fraction of sp³-hybridized carbons (Fsp3) is 0.556. The minimum absolute atomic E-state index is 0.203. The molecule has 2 saturated carbocycles. The third-order valence-corrected chi connectivity index (χ3v) is 10.7. The largest absolute Gasteiger partial charge is 0.293 e. The number of allylic oxidation sites excluding steroid dienone is 1. The molecule has 2 amide bonds. The van der Waals surface area contributed by atoms with E-state index in [4.69, 9.17) is 3.15 Å². The molecule has 2 atom stereocenters. The van der Waals surface area contributed by atoms with Crippen molar-refractivity contribution in [3.63, 3.8) is 0 Å². The summed E-state index contributed by atoms with van der Waals surface area (Å²) in [6, 6.07) is 6.34. The van der Waals surface area contributed by atoms with Gasteiger partial charge >= 0.3 is 0 Å². The van der Waals surface area contributed by atoms with Crippen molar-refractivity contribution in [2.75, 3.05) is 7.05 Å². The average Bonchev–Trinajstić information content (AvgIpc) is 3.13. The summed E-state index contributed by atoms with van der Waals surface area (Å²) >= 11 is 0.743. The average molecular weight is 577 g/mol. The van der Waals surface area contributed by atoms with Gasteiger partial charge in [0.1, 0.15) is 0 Å². The lowest BCUT2D eigenvalue weighted by atomic mass is 9.80. The molecule has 4 aliphatic rings. The molecular formula is C27H33IN2O2S. The van der Waals surface area contributed by atoms with Gasteiger partial charge in [0, 0.05) is 33.6 Å². The Labute approximate surface area is 211 Å². The maximum atomic E-state index is 12.3. The molecule has 2 aliphatic heterocycles. The van der Waals surface area contributed by atoms with Gasteiger partial charge in [0.25, 0.3) is 11.1 Å². The fourth-order valence-corrected chi connectivity index (χ4v) is 8.87. The summed E-state index contributed by atoms with van der Waals surface area (Å²) in [5.74, 6) is 2.31. The van der Waals surface area contributed by atoms with Gasteiger partial charge in [-0.1, -0.05) is 57.4 Å². The lowest BCUT2D eigenvalue weighted by Gasteiger charge is -2.25. The van der Waals surface area contributed by atoms with Crippen LogP contribution >= 0.6 is 32.8 Å². The first-order chi connectivity index (χ1) is 16.1. The van der Waals surface area contributed by atoms with Crippen LogP contribution in [0.2, 0.25) is 0 Å². The minimum Gasteiger partial charge on any atom is -0.272 e. The number of hydrogen-bond donors (Lipinski definition) is 0. The van der Waals surface area contributed by atoms with Gasteiger partial charge < -0.3 is 0 Å². The summed E-state index contributed by atoms with van der Waals surface area (Å²) in [6.07, 6.45) is 17.3. The summed E-state index contributed by atoms with van der Waals surface area (Å²) in [6.45, 7) is 0. The SMILES string of the molecule is CN1C(=O)S/C(=C\c2ccc3c(c2)C(C2CCCC(C4CCCCCC4)CC2)=CI=N3)C1=O. The molecule has 0 aromatic heterocycles. The second-order valence-electron chi connectivity index (χ2n) is 9.98. The molecular weight excluding hydrogens is 543 g/mol. The maximum Gasteiger partial charge on any atom is 0.293 e. The Bertz CT molecular complexity index is 1020. The third-order valence-electron chi connectivity index (χ3n) is 7.94. The zero-order valence-electron chi connectivity index (χ0n) is 19.4. The van der Waals surface area contributed by atoms with E-state index in [9.17, 15) is 9.59 Å². The van der Waals surface area contributed by atoms with Crippen LogP contribution in [-0.2, 0) is 4.79 Å². The highest BCUT2D eigenvalue weighted by molar-refractivity contribution is 14.2. The molecule has 33 heavy (non-hydrogen) atoms. The first-order valence-corrected chi connectivity index (χ1v) is 15.5. The molecule has 176 valence electrons. The van der Waals surface area contributed by atoms with E-state index in [1.165, 1.54) is 86.7 Å². The number of imide groups is 1. The van der Waals surface area contributed by atoms with Crippen molar-refractivity contribution in [1.82, 2.24) is 4.90 Å². The van der Waals surface area contributed by atoms with Gasteiger partial charge in [0.2, 0.25) is 0 Å². The van der Waals surface area contributed by atoms with E-state index in [2.05, 4.69) is 16.2 Å². The molecule has 1 aromatic rings. The normalized spacial score (nSPS) is 28.2. The minimum atomic E-state index is -0.283. The van der Waals surface area contributed by atoms with Crippen LogP contribution in [0.4, 0.5) is 10.5 Å². The van der Waals surface area contributed by atoms with Crippen LogP contribution < -0.4 is 0 Å². The number of carbonyl (C=O) groups excluding carboxylic acids is 2. The molecule has 2 heterocycles. The van der Waals surface area contributed by atoms with Gasteiger partial charge in [0.05, 0.1) is 10.6 Å². The van der Waals surface area contributed by atoms with E-state index in [1.807, 2.05) is 12.1 Å². The molecule has 5 rings (SSSR count). The van der Waals surface area contributed by atoms with Crippen molar-refractivity contribution in [2.24, 2.45) is 20.9 Å². The van der Waals surface area contributed by atoms with E-state index < -0.39 is 0 Å². The molecule has 2 aliphatic carbocycles. The summed E-state index contributed by atoms with van der Waals surface area (Å²) in [5, 5.41) is -0.203. The van der Waals surface area contributed by atoms with E-state index in [0.717, 1.165) is 34.8 Å². The van der Waals surface area contributed by atoms with E-state index in [1.54, 1.807) is 7.05 Å². The Kier molecular flexibility index (Phi) is 7.50. The molecule has 0 spiro atoms. The highest BCUT2D eigenvalue weighted by Gasteiger charge is 2.32. The molecule has 3 fully saturated rings. The summed E-state index contributed by atoms with van der Waals surface area (Å²) < 4.78 is 7.30. The van der Waals surface area contributed by atoms with Crippen LogP contribution in [0.3, 0.4) is 0 Å².